The van der Waals surface area contributed by atoms with Gasteiger partial charge in [0.15, 0.2) is 0 Å². The van der Waals surface area contributed by atoms with Crippen molar-refractivity contribution in [1.29, 1.82) is 0 Å². The van der Waals surface area contributed by atoms with Crippen LogP contribution in [0, 0.1) is 12.7 Å². The minimum atomic E-state index is -0.306. The van der Waals surface area contributed by atoms with Gasteiger partial charge in [-0.05, 0) is 37.1 Å². The lowest BCUT2D eigenvalue weighted by Crippen LogP contribution is -2.25. The Hall–Kier alpha value is -2.70. The number of methoxy groups -OCH3 is 1. The topological polar surface area (TPSA) is 45.5 Å². The van der Waals surface area contributed by atoms with Gasteiger partial charge >= 0.3 is 0 Å². The van der Waals surface area contributed by atoms with Gasteiger partial charge < -0.3 is 18.8 Å². The third-order valence-corrected chi connectivity index (χ3v) is 5.33. The predicted molar refractivity (Wildman–Crippen MR) is 108 cm³/mol. The summed E-state index contributed by atoms with van der Waals surface area (Å²) in [5, 5.41) is 0. The quantitative estimate of drug-likeness (QED) is 0.602. The summed E-state index contributed by atoms with van der Waals surface area (Å²) < 4.78 is 33.9. The van der Waals surface area contributed by atoms with E-state index in [0.29, 0.717) is 12.3 Å². The lowest BCUT2D eigenvalue weighted by molar-refractivity contribution is -0.0607. The van der Waals surface area contributed by atoms with Crippen LogP contribution in [0.5, 0.6) is 5.75 Å². The van der Waals surface area contributed by atoms with E-state index in [-0.39, 0.29) is 24.6 Å². The summed E-state index contributed by atoms with van der Waals surface area (Å²) in [4.78, 5) is 4.15. The summed E-state index contributed by atoms with van der Waals surface area (Å²) in [5.41, 5.74) is 2.24. The molecule has 0 saturated carbocycles. The van der Waals surface area contributed by atoms with Crippen LogP contribution in [0.1, 0.15) is 35.9 Å². The number of rotatable bonds is 6. The third kappa shape index (κ3) is 4.33. The number of ether oxygens (including phenoxy) is 3. The van der Waals surface area contributed by atoms with Gasteiger partial charge in [-0.25, -0.2) is 9.37 Å². The fourth-order valence-corrected chi connectivity index (χ4v) is 3.70. The Labute approximate surface area is 170 Å². The van der Waals surface area contributed by atoms with Crippen LogP contribution in [0.3, 0.4) is 0 Å². The number of nitrogens with zero attached hydrogens (tertiary/aromatic N) is 2. The van der Waals surface area contributed by atoms with Gasteiger partial charge in [-0.1, -0.05) is 24.3 Å². The van der Waals surface area contributed by atoms with Gasteiger partial charge in [0.2, 0.25) is 0 Å². The molecule has 0 bridgehead atoms. The molecule has 0 spiro atoms. The van der Waals surface area contributed by atoms with E-state index < -0.39 is 0 Å². The number of hydrogen-bond acceptors (Lipinski definition) is 4. The normalized spacial score (nSPS) is 19.3. The van der Waals surface area contributed by atoms with Gasteiger partial charge in [-0.2, -0.15) is 0 Å². The lowest BCUT2D eigenvalue weighted by Gasteiger charge is -2.30. The van der Waals surface area contributed by atoms with Crippen LogP contribution >= 0.6 is 0 Å². The number of hydrogen-bond donors (Lipinski definition) is 0. The first-order valence-corrected chi connectivity index (χ1v) is 9.80. The van der Waals surface area contributed by atoms with Crippen LogP contribution in [0.4, 0.5) is 4.39 Å². The van der Waals surface area contributed by atoms with E-state index in [1.165, 1.54) is 6.07 Å². The van der Waals surface area contributed by atoms with E-state index in [2.05, 4.69) is 4.98 Å². The van der Waals surface area contributed by atoms with Crippen molar-refractivity contribution >= 4 is 0 Å². The molecule has 5 nitrogen and oxygen atoms in total. The summed E-state index contributed by atoms with van der Waals surface area (Å²) in [6.07, 6.45) is 5.23. The van der Waals surface area contributed by atoms with E-state index in [0.717, 1.165) is 35.5 Å². The Balaban J connectivity index is 1.48. The van der Waals surface area contributed by atoms with Crippen LogP contribution in [0.15, 0.2) is 54.9 Å². The monoisotopic (exact) mass is 396 g/mol. The van der Waals surface area contributed by atoms with Gasteiger partial charge in [0.05, 0.1) is 17.9 Å². The number of imidazole rings is 1. The van der Waals surface area contributed by atoms with Crippen LogP contribution in [-0.4, -0.2) is 29.4 Å². The second-order valence-corrected chi connectivity index (χ2v) is 7.20. The van der Waals surface area contributed by atoms with E-state index in [4.69, 9.17) is 14.2 Å². The molecule has 4 rings (SSSR count). The van der Waals surface area contributed by atoms with Crippen LogP contribution < -0.4 is 4.74 Å². The van der Waals surface area contributed by atoms with Crippen molar-refractivity contribution in [3.8, 4) is 11.4 Å². The zero-order chi connectivity index (χ0) is 20.2. The van der Waals surface area contributed by atoms with E-state index >= 15 is 0 Å². The van der Waals surface area contributed by atoms with Crippen LogP contribution in [0.2, 0.25) is 0 Å². The number of benzene rings is 2. The summed E-state index contributed by atoms with van der Waals surface area (Å²) in [5.74, 6) is 1.19. The van der Waals surface area contributed by atoms with Crippen LogP contribution in [0.25, 0.3) is 5.69 Å². The molecule has 1 aromatic heterocycles. The highest BCUT2D eigenvalue weighted by molar-refractivity contribution is 5.39. The Morgan fingerprint density at radius 1 is 1.24 bits per heavy atom. The fourth-order valence-electron chi connectivity index (χ4n) is 3.70. The van der Waals surface area contributed by atoms with Crippen molar-refractivity contribution in [2.24, 2.45) is 0 Å². The van der Waals surface area contributed by atoms with Gasteiger partial charge in [-0.3, -0.25) is 0 Å². The maximum Gasteiger partial charge on any atom is 0.147 e. The van der Waals surface area contributed by atoms with Crippen molar-refractivity contribution in [3.63, 3.8) is 0 Å². The molecular formula is C23H25FN2O3. The van der Waals surface area contributed by atoms with Crippen molar-refractivity contribution in [1.82, 2.24) is 9.55 Å². The molecule has 0 amide bonds. The molecule has 2 aromatic carbocycles. The highest BCUT2D eigenvalue weighted by Crippen LogP contribution is 2.35. The van der Waals surface area contributed by atoms with Gasteiger partial charge in [0.1, 0.15) is 24.0 Å². The number of aromatic nitrogens is 2. The largest absolute Gasteiger partial charge is 0.489 e. The smallest absolute Gasteiger partial charge is 0.147 e. The molecule has 3 aromatic rings. The number of para-hydroxylation sites is 1. The minimum Gasteiger partial charge on any atom is -0.489 e. The fraction of sp³-hybridized carbons (Fsp3) is 0.348. The molecule has 0 N–H and O–H groups in total. The highest BCUT2D eigenvalue weighted by atomic mass is 19.1. The second kappa shape index (κ2) is 8.76. The van der Waals surface area contributed by atoms with Crippen molar-refractivity contribution in [3.05, 3.63) is 77.6 Å². The van der Waals surface area contributed by atoms with Gasteiger partial charge in [0, 0.05) is 38.1 Å². The van der Waals surface area contributed by atoms with Gasteiger partial charge in [-0.15, -0.1) is 0 Å². The summed E-state index contributed by atoms with van der Waals surface area (Å²) in [7, 11) is 1.74. The first-order valence-electron chi connectivity index (χ1n) is 9.80. The zero-order valence-corrected chi connectivity index (χ0v) is 16.7. The molecule has 152 valence electrons. The molecule has 1 aliphatic rings. The predicted octanol–water partition coefficient (Wildman–Crippen LogP) is 4.77. The number of halogens is 1. The molecule has 0 radical (unpaired) electrons. The summed E-state index contributed by atoms with van der Waals surface area (Å²) >= 11 is 0. The molecule has 2 atom stereocenters. The average molecular weight is 396 g/mol. The summed E-state index contributed by atoms with van der Waals surface area (Å²) in [6.45, 7) is 2.78. The average Bonchev–Trinajstić information content (AvgIpc) is 3.18. The molecule has 1 fully saturated rings. The van der Waals surface area contributed by atoms with Crippen molar-refractivity contribution in [2.75, 3.05) is 13.7 Å². The molecule has 2 unspecified atom stereocenters. The first kappa shape index (κ1) is 19.6. The van der Waals surface area contributed by atoms with Gasteiger partial charge in [0.25, 0.3) is 0 Å². The first-order chi connectivity index (χ1) is 14.2. The maximum absolute atomic E-state index is 14.6. The SMILES string of the molecule is COC1CCOC(c2ccccc2OCc2ccc(-n3ccnc3C)c(F)c2)C1. The zero-order valence-electron chi connectivity index (χ0n) is 16.7. The van der Waals surface area contributed by atoms with E-state index in [1.54, 1.807) is 30.1 Å². The summed E-state index contributed by atoms with van der Waals surface area (Å²) in [6, 6.07) is 13.0. The van der Waals surface area contributed by atoms with Crippen molar-refractivity contribution < 1.29 is 18.6 Å². The molecular weight excluding hydrogens is 371 g/mol. The minimum absolute atomic E-state index is 0.0618. The molecule has 29 heavy (non-hydrogen) atoms. The standard InChI is InChI=1S/C23H25FN2O3/c1-16-25-10-11-26(16)21-8-7-17(13-20(21)24)15-29-22-6-4-3-5-19(22)23-14-18(27-2)9-12-28-23/h3-8,10-11,13,18,23H,9,12,14-15H2,1-2H3. The Kier molecular flexibility index (Phi) is 5.92. The lowest BCUT2D eigenvalue weighted by atomic mass is 9.98. The molecule has 1 saturated heterocycles. The second-order valence-electron chi connectivity index (χ2n) is 7.20. The number of aryl methyl sites for hydroxylation is 1. The van der Waals surface area contributed by atoms with E-state index in [1.807, 2.05) is 37.3 Å². The maximum atomic E-state index is 14.6. The molecule has 1 aliphatic heterocycles. The highest BCUT2D eigenvalue weighted by Gasteiger charge is 2.26. The van der Waals surface area contributed by atoms with Crippen molar-refractivity contribution in [2.45, 2.75) is 38.6 Å². The molecule has 0 aliphatic carbocycles. The third-order valence-electron chi connectivity index (χ3n) is 5.33. The van der Waals surface area contributed by atoms with Crippen LogP contribution in [-0.2, 0) is 16.1 Å². The van der Waals surface area contributed by atoms with E-state index in [9.17, 15) is 4.39 Å². The molecule has 2 heterocycles. The molecule has 6 heteroatoms. The Bertz CT molecular complexity index is 972. The Morgan fingerprint density at radius 2 is 2.10 bits per heavy atom. The Morgan fingerprint density at radius 3 is 2.86 bits per heavy atom.